The third-order valence-electron chi connectivity index (χ3n) is 3.23. The molecular weight excluding hydrogens is 344 g/mol. The summed E-state index contributed by atoms with van der Waals surface area (Å²) in [4.78, 5) is 34.3. The topological polar surface area (TPSA) is 98.5 Å². The number of hydrogen-bond donors (Lipinski definition) is 1. The molecular formula is C13H13BrN2O5. The lowest BCUT2D eigenvalue weighted by Crippen LogP contribution is -2.34. The predicted molar refractivity (Wildman–Crippen MR) is 77.5 cm³/mol. The molecule has 0 fully saturated rings. The minimum Gasteiger partial charge on any atom is -0.466 e. The Morgan fingerprint density at radius 2 is 2.29 bits per heavy atom. The highest BCUT2D eigenvalue weighted by atomic mass is 79.9. The van der Waals surface area contributed by atoms with Gasteiger partial charge in [0.05, 0.1) is 12.5 Å². The van der Waals surface area contributed by atoms with Gasteiger partial charge in [0.2, 0.25) is 12.5 Å². The van der Waals surface area contributed by atoms with Crippen LogP contribution < -0.4 is 5.32 Å². The van der Waals surface area contributed by atoms with Gasteiger partial charge in [-0.05, 0) is 30.7 Å². The number of halogens is 1. The first-order chi connectivity index (χ1) is 9.93. The van der Waals surface area contributed by atoms with E-state index in [0.717, 1.165) is 4.47 Å². The summed E-state index contributed by atoms with van der Waals surface area (Å²) in [6.45, 7) is 1.07. The first-order valence-electron chi connectivity index (χ1n) is 6.32. The quantitative estimate of drug-likeness (QED) is 0.493. The molecule has 0 saturated heterocycles. The summed E-state index contributed by atoms with van der Waals surface area (Å²) in [6.07, 6.45) is 0. The molecule has 0 radical (unpaired) electrons. The Morgan fingerprint density at radius 3 is 2.90 bits per heavy atom. The molecule has 0 aromatic heterocycles. The van der Waals surface area contributed by atoms with E-state index in [-0.39, 0.29) is 6.61 Å². The molecule has 0 spiro atoms. The molecule has 0 aliphatic carbocycles. The van der Waals surface area contributed by atoms with Crippen molar-refractivity contribution < 1.29 is 19.2 Å². The summed E-state index contributed by atoms with van der Waals surface area (Å²) in [6, 6.07) is 5.12. The standard InChI is InChI=1S/C13H13BrN2O5/c1-2-21-13(18)9(6-16(19)20)11-8-5-7(14)3-4-10(8)15-12(11)17/h3-5,9,11H,2,6H2,1H3,(H,15,17)/t9-,11?/m0/s1. The minimum atomic E-state index is -1.14. The van der Waals surface area contributed by atoms with Crippen LogP contribution in [0.25, 0.3) is 0 Å². The zero-order valence-electron chi connectivity index (χ0n) is 11.2. The largest absolute Gasteiger partial charge is 0.466 e. The number of ether oxygens (including phenoxy) is 1. The SMILES string of the molecule is CCOC(=O)[C@@H](C[N+](=O)[O-])C1C(=O)Nc2ccc(Br)cc21. The van der Waals surface area contributed by atoms with E-state index in [2.05, 4.69) is 21.2 Å². The lowest BCUT2D eigenvalue weighted by atomic mass is 9.87. The number of hydrogen-bond acceptors (Lipinski definition) is 5. The van der Waals surface area contributed by atoms with Gasteiger partial charge in [-0.25, -0.2) is 0 Å². The maximum absolute atomic E-state index is 12.1. The average molecular weight is 357 g/mol. The van der Waals surface area contributed by atoms with E-state index in [1.807, 2.05) is 0 Å². The Hall–Kier alpha value is -1.96. The second-order valence-corrected chi connectivity index (χ2v) is 5.49. The molecule has 1 aromatic carbocycles. The van der Waals surface area contributed by atoms with Gasteiger partial charge in [-0.1, -0.05) is 15.9 Å². The number of rotatable bonds is 5. The zero-order valence-corrected chi connectivity index (χ0v) is 12.8. The lowest BCUT2D eigenvalue weighted by Gasteiger charge is -2.17. The van der Waals surface area contributed by atoms with Crippen molar-refractivity contribution >= 4 is 33.5 Å². The van der Waals surface area contributed by atoms with Crippen molar-refractivity contribution in [2.45, 2.75) is 12.8 Å². The number of anilines is 1. The molecule has 2 atom stereocenters. The number of benzene rings is 1. The molecule has 0 bridgehead atoms. The molecule has 1 unspecified atom stereocenters. The van der Waals surface area contributed by atoms with Crippen molar-refractivity contribution in [2.75, 3.05) is 18.5 Å². The fourth-order valence-corrected chi connectivity index (χ4v) is 2.76. The zero-order chi connectivity index (χ0) is 15.6. The first-order valence-corrected chi connectivity index (χ1v) is 7.12. The molecule has 1 aliphatic rings. The van der Waals surface area contributed by atoms with E-state index in [4.69, 9.17) is 4.74 Å². The number of esters is 1. The third kappa shape index (κ3) is 3.21. The Kier molecular flexibility index (Phi) is 4.56. The van der Waals surface area contributed by atoms with Gasteiger partial charge < -0.3 is 10.1 Å². The maximum Gasteiger partial charge on any atom is 0.316 e. The van der Waals surface area contributed by atoms with Crippen molar-refractivity contribution in [3.8, 4) is 0 Å². The molecule has 1 N–H and O–H groups in total. The van der Waals surface area contributed by atoms with Crippen LogP contribution >= 0.6 is 15.9 Å². The van der Waals surface area contributed by atoms with Crippen molar-refractivity contribution in [1.82, 2.24) is 0 Å². The summed E-state index contributed by atoms with van der Waals surface area (Å²) in [7, 11) is 0. The van der Waals surface area contributed by atoms with E-state index >= 15 is 0 Å². The number of nitrogens with one attached hydrogen (secondary N) is 1. The van der Waals surface area contributed by atoms with E-state index in [9.17, 15) is 19.7 Å². The summed E-state index contributed by atoms with van der Waals surface area (Å²) >= 11 is 3.29. The highest BCUT2D eigenvalue weighted by Gasteiger charge is 2.44. The van der Waals surface area contributed by atoms with Crippen LogP contribution in [0.4, 0.5) is 5.69 Å². The number of carbonyl (C=O) groups is 2. The molecule has 112 valence electrons. The molecule has 1 aliphatic heterocycles. The van der Waals surface area contributed by atoms with Crippen LogP contribution in [0.1, 0.15) is 18.4 Å². The van der Waals surface area contributed by atoms with Gasteiger partial charge in [0, 0.05) is 15.1 Å². The summed E-state index contributed by atoms with van der Waals surface area (Å²) in [5.74, 6) is -3.22. The fraction of sp³-hybridized carbons (Fsp3) is 0.385. The molecule has 0 saturated carbocycles. The van der Waals surface area contributed by atoms with Crippen molar-refractivity contribution in [3.05, 3.63) is 38.3 Å². The van der Waals surface area contributed by atoms with Crippen LogP contribution in [0.15, 0.2) is 22.7 Å². The Bertz CT molecular complexity index is 604. The number of nitrogens with zero attached hydrogens (tertiary/aromatic N) is 1. The summed E-state index contributed by atoms with van der Waals surface area (Å²) in [5.41, 5.74) is 1.13. The fourth-order valence-electron chi connectivity index (χ4n) is 2.38. The summed E-state index contributed by atoms with van der Waals surface area (Å²) in [5, 5.41) is 13.5. The van der Waals surface area contributed by atoms with Gasteiger partial charge in [-0.2, -0.15) is 0 Å². The van der Waals surface area contributed by atoms with E-state index < -0.39 is 35.2 Å². The van der Waals surface area contributed by atoms with Crippen LogP contribution in [-0.2, 0) is 14.3 Å². The lowest BCUT2D eigenvalue weighted by molar-refractivity contribution is -0.486. The van der Waals surface area contributed by atoms with Gasteiger partial charge >= 0.3 is 5.97 Å². The minimum absolute atomic E-state index is 0.104. The van der Waals surface area contributed by atoms with Gasteiger partial charge in [-0.3, -0.25) is 19.7 Å². The molecule has 1 heterocycles. The smallest absolute Gasteiger partial charge is 0.316 e. The Morgan fingerprint density at radius 1 is 1.57 bits per heavy atom. The second kappa shape index (κ2) is 6.21. The highest BCUT2D eigenvalue weighted by molar-refractivity contribution is 9.10. The molecule has 21 heavy (non-hydrogen) atoms. The van der Waals surface area contributed by atoms with Gasteiger partial charge in [-0.15, -0.1) is 0 Å². The number of amides is 1. The van der Waals surface area contributed by atoms with Crippen molar-refractivity contribution in [1.29, 1.82) is 0 Å². The van der Waals surface area contributed by atoms with E-state index in [1.54, 1.807) is 25.1 Å². The van der Waals surface area contributed by atoms with Crippen LogP contribution in [0.2, 0.25) is 0 Å². The molecule has 1 aromatic rings. The van der Waals surface area contributed by atoms with Gasteiger partial charge in [0.15, 0.2) is 0 Å². The van der Waals surface area contributed by atoms with E-state index in [0.29, 0.717) is 11.3 Å². The average Bonchev–Trinajstić information content (AvgIpc) is 2.71. The maximum atomic E-state index is 12.1. The molecule has 2 rings (SSSR count). The number of fused-ring (bicyclic) bond motifs is 1. The number of nitro groups is 1. The number of carbonyl (C=O) groups excluding carboxylic acids is 2. The van der Waals surface area contributed by atoms with Crippen LogP contribution in [-0.4, -0.2) is 30.0 Å². The van der Waals surface area contributed by atoms with E-state index in [1.165, 1.54) is 0 Å². The van der Waals surface area contributed by atoms with Gasteiger partial charge in [0.1, 0.15) is 5.92 Å². The monoisotopic (exact) mass is 356 g/mol. The van der Waals surface area contributed by atoms with Gasteiger partial charge in [0.25, 0.3) is 0 Å². The third-order valence-corrected chi connectivity index (χ3v) is 3.72. The highest BCUT2D eigenvalue weighted by Crippen LogP contribution is 2.39. The second-order valence-electron chi connectivity index (χ2n) is 4.57. The van der Waals surface area contributed by atoms with Crippen LogP contribution in [0.5, 0.6) is 0 Å². The Balaban J connectivity index is 2.40. The van der Waals surface area contributed by atoms with Crippen LogP contribution in [0, 0.1) is 16.0 Å². The van der Waals surface area contributed by atoms with Crippen molar-refractivity contribution in [2.24, 2.45) is 5.92 Å². The Labute approximate surface area is 128 Å². The molecule has 8 heteroatoms. The molecule has 1 amide bonds. The normalized spacial score (nSPS) is 17.8. The first kappa shape index (κ1) is 15.4. The molecule has 7 nitrogen and oxygen atoms in total. The summed E-state index contributed by atoms with van der Waals surface area (Å²) < 4.78 is 5.60. The van der Waals surface area contributed by atoms with Crippen molar-refractivity contribution in [3.63, 3.8) is 0 Å². The van der Waals surface area contributed by atoms with Crippen LogP contribution in [0.3, 0.4) is 0 Å². The predicted octanol–water partition coefficient (Wildman–Crippen LogP) is 1.94.